The van der Waals surface area contributed by atoms with Crippen LogP contribution in [0.3, 0.4) is 0 Å². The fourth-order valence-corrected chi connectivity index (χ4v) is 2.11. The zero-order valence-electron chi connectivity index (χ0n) is 10.4. The lowest BCUT2D eigenvalue weighted by Crippen LogP contribution is -2.40. The van der Waals surface area contributed by atoms with Crippen molar-refractivity contribution < 1.29 is 19.0 Å². The minimum atomic E-state index is -0.991. The van der Waals surface area contributed by atoms with Gasteiger partial charge in [0.15, 0.2) is 0 Å². The number of halogens is 1. The van der Waals surface area contributed by atoms with E-state index < -0.39 is 18.0 Å². The normalized spacial score (nSPS) is 22.1. The van der Waals surface area contributed by atoms with Crippen molar-refractivity contribution in [1.82, 2.24) is 5.32 Å². The average Bonchev–Trinajstić information content (AvgIpc) is 2.51. The van der Waals surface area contributed by atoms with Crippen molar-refractivity contribution in [1.29, 1.82) is 0 Å². The topological polar surface area (TPSA) is 84.6 Å². The predicted octanol–water partition coefficient (Wildman–Crippen LogP) is 0.475. The molecular weight excluding hydrogens is 251 g/mol. The largest absolute Gasteiger partial charge is 0.493 e. The molecule has 0 spiro atoms. The molecule has 0 bridgehead atoms. The van der Waals surface area contributed by atoms with Crippen LogP contribution in [0.4, 0.5) is 4.39 Å². The molecule has 0 saturated heterocycles. The van der Waals surface area contributed by atoms with E-state index >= 15 is 0 Å². The monoisotopic (exact) mass is 268 g/mol. The third-order valence-corrected chi connectivity index (χ3v) is 3.08. The number of carbonyl (C=O) groups excluding carboxylic acids is 1. The van der Waals surface area contributed by atoms with Crippen molar-refractivity contribution in [2.45, 2.75) is 25.0 Å². The minimum absolute atomic E-state index is 0.195. The van der Waals surface area contributed by atoms with Gasteiger partial charge in [-0.25, -0.2) is 4.39 Å². The van der Waals surface area contributed by atoms with E-state index in [2.05, 4.69) is 5.32 Å². The van der Waals surface area contributed by atoms with Crippen LogP contribution >= 0.6 is 0 Å². The number of fused-ring (bicyclic) bond motifs is 1. The zero-order chi connectivity index (χ0) is 13.8. The summed E-state index contributed by atoms with van der Waals surface area (Å²) in [6.45, 7) is 0.597. The first-order chi connectivity index (χ1) is 9.11. The maximum Gasteiger partial charge on any atom is 0.221 e. The second-order valence-corrected chi connectivity index (χ2v) is 4.48. The molecule has 0 saturated carbocycles. The summed E-state index contributed by atoms with van der Waals surface area (Å²) >= 11 is 0. The highest BCUT2D eigenvalue weighted by Gasteiger charge is 2.28. The number of benzene rings is 1. The number of nitrogens with one attached hydrogen (secondary N) is 1. The van der Waals surface area contributed by atoms with Crippen molar-refractivity contribution in [3.8, 4) is 5.75 Å². The van der Waals surface area contributed by atoms with Gasteiger partial charge in [0.05, 0.1) is 12.6 Å². The second kappa shape index (κ2) is 5.99. The molecule has 0 fully saturated rings. The highest BCUT2D eigenvalue weighted by atomic mass is 19.1. The van der Waals surface area contributed by atoms with Gasteiger partial charge in [-0.1, -0.05) is 0 Å². The van der Waals surface area contributed by atoms with E-state index in [1.54, 1.807) is 0 Å². The zero-order valence-corrected chi connectivity index (χ0v) is 10.4. The van der Waals surface area contributed by atoms with Crippen molar-refractivity contribution in [3.63, 3.8) is 0 Å². The van der Waals surface area contributed by atoms with Crippen LogP contribution in [0.15, 0.2) is 18.2 Å². The van der Waals surface area contributed by atoms with Gasteiger partial charge in [-0.3, -0.25) is 4.79 Å². The Balaban J connectivity index is 2.18. The smallest absolute Gasteiger partial charge is 0.221 e. The lowest BCUT2D eigenvalue weighted by atomic mass is 10.00. The number of carbonyl (C=O) groups is 1. The number of hydrogen-bond acceptors (Lipinski definition) is 4. The first-order valence-electron chi connectivity index (χ1n) is 6.21. The SMILES string of the molecule is NCCC(=O)NC1CCOc2ccc(F)cc2C1O. The van der Waals surface area contributed by atoms with Crippen LogP contribution < -0.4 is 15.8 Å². The Morgan fingerprint density at radius 1 is 1.58 bits per heavy atom. The molecule has 19 heavy (non-hydrogen) atoms. The Hall–Kier alpha value is -1.66. The number of aliphatic hydroxyl groups excluding tert-OH is 1. The Bertz CT molecular complexity index is 467. The number of nitrogens with two attached hydrogens (primary N) is 1. The molecule has 2 unspecified atom stereocenters. The number of rotatable bonds is 3. The van der Waals surface area contributed by atoms with Gasteiger partial charge < -0.3 is 20.9 Å². The van der Waals surface area contributed by atoms with Gasteiger partial charge >= 0.3 is 0 Å². The molecule has 0 radical (unpaired) electrons. The summed E-state index contributed by atoms with van der Waals surface area (Å²) in [5.74, 6) is -0.230. The molecule has 1 aliphatic rings. The summed E-state index contributed by atoms with van der Waals surface area (Å²) in [6.07, 6.45) is -0.344. The first kappa shape index (κ1) is 13.8. The van der Waals surface area contributed by atoms with E-state index in [0.29, 0.717) is 24.3 Å². The van der Waals surface area contributed by atoms with Crippen molar-refractivity contribution in [2.24, 2.45) is 5.73 Å². The van der Waals surface area contributed by atoms with Gasteiger partial charge in [-0.2, -0.15) is 0 Å². The van der Waals surface area contributed by atoms with Gasteiger partial charge in [-0.15, -0.1) is 0 Å². The van der Waals surface area contributed by atoms with E-state index in [1.165, 1.54) is 18.2 Å². The Morgan fingerprint density at radius 3 is 3.11 bits per heavy atom. The first-order valence-corrected chi connectivity index (χ1v) is 6.21. The average molecular weight is 268 g/mol. The number of ether oxygens (including phenoxy) is 1. The van der Waals surface area contributed by atoms with Gasteiger partial charge in [0.25, 0.3) is 0 Å². The molecule has 2 atom stereocenters. The van der Waals surface area contributed by atoms with E-state index in [0.717, 1.165) is 0 Å². The standard InChI is InChI=1S/C13H17FN2O3/c14-8-1-2-11-9(7-8)13(18)10(4-6-19-11)16-12(17)3-5-15/h1-2,7,10,13,18H,3-6,15H2,(H,16,17). The Morgan fingerprint density at radius 2 is 2.37 bits per heavy atom. The summed E-state index contributed by atoms with van der Waals surface area (Å²) in [6, 6.07) is 3.49. The molecule has 4 N–H and O–H groups in total. The summed E-state index contributed by atoms with van der Waals surface area (Å²) in [7, 11) is 0. The minimum Gasteiger partial charge on any atom is -0.493 e. The van der Waals surface area contributed by atoms with Crippen molar-refractivity contribution >= 4 is 5.91 Å². The molecule has 2 rings (SSSR count). The molecule has 5 nitrogen and oxygen atoms in total. The summed E-state index contributed by atoms with van der Waals surface area (Å²) < 4.78 is 18.7. The number of hydrogen-bond donors (Lipinski definition) is 3. The molecule has 104 valence electrons. The molecule has 1 aliphatic heterocycles. The predicted molar refractivity (Wildman–Crippen MR) is 67.1 cm³/mol. The molecule has 1 amide bonds. The van der Waals surface area contributed by atoms with Crippen LogP contribution in [0.5, 0.6) is 5.75 Å². The van der Waals surface area contributed by atoms with Gasteiger partial charge in [0.1, 0.15) is 17.7 Å². The molecule has 1 aromatic rings. The molecule has 0 aliphatic carbocycles. The fraction of sp³-hybridized carbons (Fsp3) is 0.462. The van der Waals surface area contributed by atoms with Crippen LogP contribution in [-0.4, -0.2) is 30.2 Å². The van der Waals surface area contributed by atoms with Gasteiger partial charge in [-0.05, 0) is 18.2 Å². The van der Waals surface area contributed by atoms with Crippen LogP contribution in [0.2, 0.25) is 0 Å². The van der Waals surface area contributed by atoms with Crippen LogP contribution in [0, 0.1) is 5.82 Å². The maximum absolute atomic E-state index is 13.2. The van der Waals surface area contributed by atoms with E-state index in [1.807, 2.05) is 0 Å². The third kappa shape index (κ3) is 3.21. The summed E-state index contributed by atoms with van der Waals surface area (Å²) in [4.78, 5) is 11.5. The van der Waals surface area contributed by atoms with E-state index in [4.69, 9.17) is 10.5 Å². The maximum atomic E-state index is 13.2. The van der Waals surface area contributed by atoms with E-state index in [9.17, 15) is 14.3 Å². The molecule has 1 aromatic carbocycles. The number of amides is 1. The third-order valence-electron chi connectivity index (χ3n) is 3.08. The molecular formula is C13H17FN2O3. The summed E-state index contributed by atoms with van der Waals surface area (Å²) in [5.41, 5.74) is 5.66. The van der Waals surface area contributed by atoms with E-state index in [-0.39, 0.29) is 18.9 Å². The molecule has 1 heterocycles. The quantitative estimate of drug-likeness (QED) is 0.744. The molecule has 6 heteroatoms. The second-order valence-electron chi connectivity index (χ2n) is 4.48. The van der Waals surface area contributed by atoms with Gasteiger partial charge in [0, 0.05) is 24.9 Å². The van der Waals surface area contributed by atoms with Gasteiger partial charge in [0.2, 0.25) is 5.91 Å². The lowest BCUT2D eigenvalue weighted by molar-refractivity contribution is -0.122. The Kier molecular flexibility index (Phi) is 4.34. The summed E-state index contributed by atoms with van der Waals surface area (Å²) in [5, 5.41) is 12.9. The van der Waals surface area contributed by atoms with Crippen LogP contribution in [-0.2, 0) is 4.79 Å². The van der Waals surface area contributed by atoms with Crippen LogP contribution in [0.25, 0.3) is 0 Å². The fourth-order valence-electron chi connectivity index (χ4n) is 2.11. The highest BCUT2D eigenvalue weighted by Crippen LogP contribution is 2.32. The highest BCUT2D eigenvalue weighted by molar-refractivity contribution is 5.76. The number of aliphatic hydroxyl groups is 1. The van der Waals surface area contributed by atoms with Crippen molar-refractivity contribution in [3.05, 3.63) is 29.6 Å². The molecule has 0 aromatic heterocycles. The lowest BCUT2D eigenvalue weighted by Gasteiger charge is -2.21. The van der Waals surface area contributed by atoms with Crippen molar-refractivity contribution in [2.75, 3.05) is 13.2 Å². The Labute approximate surface area is 110 Å². The van der Waals surface area contributed by atoms with Crippen LogP contribution in [0.1, 0.15) is 24.5 Å².